The number of nitrogens with zero attached hydrogens (tertiary/aromatic N) is 1. The molecule has 0 fully saturated rings. The van der Waals surface area contributed by atoms with Gasteiger partial charge < -0.3 is 28.5 Å². The monoisotopic (exact) mass is 1210 g/mol. The molecule has 0 rings (SSSR count). The van der Waals surface area contributed by atoms with Gasteiger partial charge in [-0.2, -0.15) is 0 Å². The zero-order valence-electron chi connectivity index (χ0n) is 56.9. The molecule has 9 heteroatoms. The van der Waals surface area contributed by atoms with Crippen LogP contribution in [0.15, 0.2) is 122 Å². The van der Waals surface area contributed by atoms with E-state index in [1.807, 2.05) is 21.1 Å². The van der Waals surface area contributed by atoms with Crippen molar-refractivity contribution in [2.45, 2.75) is 309 Å². The van der Waals surface area contributed by atoms with Crippen LogP contribution in [0.1, 0.15) is 296 Å². The molecule has 0 saturated heterocycles. The molecule has 2 atom stereocenters. The van der Waals surface area contributed by atoms with Crippen LogP contribution in [0, 0.1) is 0 Å². The SMILES string of the molecule is CC/C=C\C/C=C\C/C=C\C/C=C\C/C=C\C/C=C\CCCCCCCCCCCCCCCCCCCCC(=O)OC(COC(=O)CCCCCCCCCCCCCC/C=C\C/C=C\C/C=C\C/C=C\CC)COC(OCC[N+](C)(C)C)C(=O)O. The summed E-state index contributed by atoms with van der Waals surface area (Å²) in [5.41, 5.74) is 0. The summed E-state index contributed by atoms with van der Waals surface area (Å²) in [6, 6.07) is 0. The highest BCUT2D eigenvalue weighted by Crippen LogP contribution is 2.17. The van der Waals surface area contributed by atoms with Gasteiger partial charge in [0.05, 0.1) is 34.4 Å². The van der Waals surface area contributed by atoms with Crippen LogP contribution in [-0.4, -0.2) is 87.4 Å². The molecule has 9 nitrogen and oxygen atoms in total. The van der Waals surface area contributed by atoms with E-state index in [1.54, 1.807) is 0 Å². The largest absolute Gasteiger partial charge is 0.477 e. The third-order valence-corrected chi connectivity index (χ3v) is 15.2. The van der Waals surface area contributed by atoms with Gasteiger partial charge >= 0.3 is 17.9 Å². The Morgan fingerprint density at radius 2 is 0.621 bits per heavy atom. The number of hydrogen-bond donors (Lipinski definition) is 1. The molecule has 0 aromatic rings. The summed E-state index contributed by atoms with van der Waals surface area (Å²) in [5.74, 6) is -2.00. The molecular weight excluding hydrogens is 1080 g/mol. The highest BCUT2D eigenvalue weighted by atomic mass is 16.7. The molecule has 0 amide bonds. The number of carbonyl (C=O) groups is 3. The molecule has 498 valence electrons. The van der Waals surface area contributed by atoms with Crippen LogP contribution >= 0.6 is 0 Å². The number of likely N-dealkylation sites (N-methyl/N-ethyl adjacent to an activating group) is 1. The van der Waals surface area contributed by atoms with Crippen molar-refractivity contribution < 1.29 is 42.9 Å². The average molecular weight is 1210 g/mol. The van der Waals surface area contributed by atoms with Crippen molar-refractivity contribution in [3.8, 4) is 0 Å². The number of quaternary nitrogens is 1. The van der Waals surface area contributed by atoms with E-state index in [0.29, 0.717) is 17.4 Å². The van der Waals surface area contributed by atoms with Gasteiger partial charge in [0.25, 0.3) is 6.29 Å². The number of carboxylic acid groups (broad SMARTS) is 1. The van der Waals surface area contributed by atoms with Gasteiger partial charge in [-0.15, -0.1) is 0 Å². The number of allylic oxidation sites excluding steroid dienone is 20. The Bertz CT molecular complexity index is 1840. The third-order valence-electron chi connectivity index (χ3n) is 15.2. The fourth-order valence-electron chi connectivity index (χ4n) is 9.83. The Morgan fingerprint density at radius 3 is 0.920 bits per heavy atom. The van der Waals surface area contributed by atoms with E-state index in [1.165, 1.54) is 167 Å². The molecule has 0 aliphatic rings. The Kier molecular flexibility index (Phi) is 64.3. The normalized spacial score (nSPS) is 13.4. The summed E-state index contributed by atoms with van der Waals surface area (Å²) in [5, 5.41) is 9.75. The predicted octanol–water partition coefficient (Wildman–Crippen LogP) is 22.4. The molecule has 0 saturated carbocycles. The van der Waals surface area contributed by atoms with Crippen molar-refractivity contribution >= 4 is 17.9 Å². The molecule has 1 N–H and O–H groups in total. The van der Waals surface area contributed by atoms with Crippen LogP contribution in [0.3, 0.4) is 0 Å². The maximum Gasteiger partial charge on any atom is 0.361 e. The standard InChI is InChI=1S/C78H133NO8/c1-6-8-10-12-14-16-18-20-22-24-26-28-30-32-33-34-35-36-37-38-39-40-41-42-43-45-47-49-51-53-55-57-59-61-63-65-67-69-76(81)87-74(73-86-78(77(82)83)84-71-70-79(3,4)5)72-85-75(80)68-66-64-62-60-58-56-54-52-50-48-46-44-31-29-27-25-23-21-19-17-15-13-11-9-7-2/h8-11,14-17,20-23,26-29,32-33,35-36,74,78H,6-7,12-13,18-19,24-25,30-31,34,37-73H2,1-5H3/p+1/b10-8-,11-9-,16-14-,17-15-,22-20-,23-21-,28-26-,29-27-,33-32-,36-35-. The maximum atomic E-state index is 13.0. The van der Waals surface area contributed by atoms with Gasteiger partial charge in [-0.1, -0.05) is 302 Å². The Balaban J connectivity index is 4.08. The van der Waals surface area contributed by atoms with Crippen molar-refractivity contribution in [1.29, 1.82) is 0 Å². The summed E-state index contributed by atoms with van der Waals surface area (Å²) in [4.78, 5) is 37.6. The van der Waals surface area contributed by atoms with Crippen molar-refractivity contribution in [1.82, 2.24) is 0 Å². The topological polar surface area (TPSA) is 108 Å². The first-order valence-electron chi connectivity index (χ1n) is 35.7. The van der Waals surface area contributed by atoms with Crippen LogP contribution in [0.5, 0.6) is 0 Å². The lowest BCUT2D eigenvalue weighted by atomic mass is 10.0. The molecule has 0 heterocycles. The van der Waals surface area contributed by atoms with E-state index in [2.05, 4.69) is 135 Å². The van der Waals surface area contributed by atoms with Crippen LogP contribution in [0.25, 0.3) is 0 Å². The van der Waals surface area contributed by atoms with Crippen molar-refractivity contribution in [3.63, 3.8) is 0 Å². The molecular formula is C78H134NO8+. The van der Waals surface area contributed by atoms with Gasteiger partial charge in [0.1, 0.15) is 13.2 Å². The predicted molar refractivity (Wildman–Crippen MR) is 373 cm³/mol. The average Bonchev–Trinajstić information content (AvgIpc) is 3.57. The number of carbonyl (C=O) groups excluding carboxylic acids is 2. The van der Waals surface area contributed by atoms with E-state index < -0.39 is 24.3 Å². The summed E-state index contributed by atoms with van der Waals surface area (Å²) in [6.07, 6.45) is 93.1. The van der Waals surface area contributed by atoms with Crippen LogP contribution in [0.2, 0.25) is 0 Å². The smallest absolute Gasteiger partial charge is 0.361 e. The van der Waals surface area contributed by atoms with E-state index in [-0.39, 0.29) is 32.2 Å². The number of ether oxygens (including phenoxy) is 4. The van der Waals surface area contributed by atoms with E-state index in [0.717, 1.165) is 103 Å². The second-order valence-electron chi connectivity index (χ2n) is 24.8. The number of aliphatic carboxylic acids is 1. The zero-order chi connectivity index (χ0) is 63.3. The zero-order valence-corrected chi connectivity index (χ0v) is 56.9. The second kappa shape index (κ2) is 67.6. The van der Waals surface area contributed by atoms with Gasteiger partial charge in [0.2, 0.25) is 0 Å². The quantitative estimate of drug-likeness (QED) is 0.0211. The van der Waals surface area contributed by atoms with Gasteiger partial charge in [0, 0.05) is 12.8 Å². The summed E-state index contributed by atoms with van der Waals surface area (Å²) >= 11 is 0. The van der Waals surface area contributed by atoms with E-state index in [9.17, 15) is 19.5 Å². The van der Waals surface area contributed by atoms with Crippen molar-refractivity contribution in [2.24, 2.45) is 0 Å². The van der Waals surface area contributed by atoms with Gasteiger partial charge in [-0.05, 0) is 103 Å². The van der Waals surface area contributed by atoms with Crippen LogP contribution < -0.4 is 0 Å². The van der Waals surface area contributed by atoms with Gasteiger partial charge in [-0.25, -0.2) is 4.79 Å². The first-order valence-corrected chi connectivity index (χ1v) is 35.7. The third kappa shape index (κ3) is 69.0. The summed E-state index contributed by atoms with van der Waals surface area (Å²) in [7, 11) is 5.98. The minimum atomic E-state index is -1.52. The Morgan fingerprint density at radius 1 is 0.345 bits per heavy atom. The highest BCUT2D eigenvalue weighted by Gasteiger charge is 2.25. The molecule has 0 aromatic carbocycles. The molecule has 87 heavy (non-hydrogen) atoms. The number of unbranched alkanes of at least 4 members (excludes halogenated alkanes) is 30. The summed E-state index contributed by atoms with van der Waals surface area (Å²) < 4.78 is 23.0. The molecule has 0 bridgehead atoms. The van der Waals surface area contributed by atoms with Crippen LogP contribution in [-0.2, 0) is 33.3 Å². The second-order valence-corrected chi connectivity index (χ2v) is 24.8. The Hall–Kier alpha value is -4.31. The van der Waals surface area contributed by atoms with Crippen molar-refractivity contribution in [3.05, 3.63) is 122 Å². The minimum absolute atomic E-state index is 0.184. The first kappa shape index (κ1) is 82.7. The van der Waals surface area contributed by atoms with Crippen molar-refractivity contribution in [2.75, 3.05) is 47.5 Å². The van der Waals surface area contributed by atoms with Gasteiger partial charge in [-0.3, -0.25) is 9.59 Å². The lowest BCUT2D eigenvalue weighted by Crippen LogP contribution is -2.40. The number of rotatable bonds is 65. The molecule has 0 aliphatic heterocycles. The molecule has 0 radical (unpaired) electrons. The molecule has 0 aromatic heterocycles. The molecule has 2 unspecified atom stereocenters. The highest BCUT2D eigenvalue weighted by molar-refractivity contribution is 5.71. The maximum absolute atomic E-state index is 13.0. The first-order chi connectivity index (χ1) is 42.6. The lowest BCUT2D eigenvalue weighted by molar-refractivity contribution is -0.870. The van der Waals surface area contributed by atoms with E-state index >= 15 is 0 Å². The fraction of sp³-hybridized carbons (Fsp3) is 0.705. The lowest BCUT2D eigenvalue weighted by Gasteiger charge is -2.25. The Labute approximate surface area is 536 Å². The number of hydrogen-bond acceptors (Lipinski definition) is 7. The fourth-order valence-corrected chi connectivity index (χ4v) is 9.83. The van der Waals surface area contributed by atoms with Gasteiger partial charge in [0.15, 0.2) is 6.10 Å². The molecule has 0 spiro atoms. The van der Waals surface area contributed by atoms with E-state index in [4.69, 9.17) is 18.9 Å². The molecule has 0 aliphatic carbocycles. The number of carboxylic acids is 1. The minimum Gasteiger partial charge on any atom is -0.477 e. The summed E-state index contributed by atoms with van der Waals surface area (Å²) in [6.45, 7) is 4.67. The van der Waals surface area contributed by atoms with Crippen LogP contribution in [0.4, 0.5) is 0 Å². The number of esters is 2.